The molecular weight excluding hydrogens is 330 g/mol. The zero-order chi connectivity index (χ0) is 17.8. The van der Waals surface area contributed by atoms with E-state index < -0.39 is 0 Å². The van der Waals surface area contributed by atoms with Crippen LogP contribution in [0.1, 0.15) is 44.1 Å². The van der Waals surface area contributed by atoms with Crippen molar-refractivity contribution in [3.05, 3.63) is 23.8 Å². The maximum atomic E-state index is 5.65. The average Bonchev–Trinajstić information content (AvgIpc) is 3.36. The van der Waals surface area contributed by atoms with Gasteiger partial charge in [-0.15, -0.1) is 0 Å². The summed E-state index contributed by atoms with van der Waals surface area (Å²) < 4.78 is 16.7. The number of fused-ring (bicyclic) bond motifs is 1. The van der Waals surface area contributed by atoms with Crippen molar-refractivity contribution >= 4 is 5.96 Å². The van der Waals surface area contributed by atoms with Gasteiger partial charge in [0.2, 0.25) is 6.79 Å². The van der Waals surface area contributed by atoms with Gasteiger partial charge >= 0.3 is 0 Å². The smallest absolute Gasteiger partial charge is 0.231 e. The van der Waals surface area contributed by atoms with Crippen molar-refractivity contribution in [3.63, 3.8) is 0 Å². The molecule has 0 bridgehead atoms. The quantitative estimate of drug-likeness (QED) is 0.639. The van der Waals surface area contributed by atoms with E-state index in [1.54, 1.807) is 0 Å². The fourth-order valence-electron chi connectivity index (χ4n) is 4.27. The molecule has 2 aliphatic heterocycles. The summed E-state index contributed by atoms with van der Waals surface area (Å²) in [5, 5.41) is 7.16. The maximum Gasteiger partial charge on any atom is 0.231 e. The number of benzene rings is 1. The van der Waals surface area contributed by atoms with E-state index in [0.717, 1.165) is 50.1 Å². The van der Waals surface area contributed by atoms with Crippen molar-refractivity contribution in [2.45, 2.75) is 50.0 Å². The molecule has 1 aromatic carbocycles. The number of guanidine groups is 1. The van der Waals surface area contributed by atoms with Crippen LogP contribution in [0.15, 0.2) is 23.2 Å². The molecule has 0 spiro atoms. The third-order valence-corrected chi connectivity index (χ3v) is 5.95. The maximum absolute atomic E-state index is 5.65. The van der Waals surface area contributed by atoms with Gasteiger partial charge in [-0.3, -0.25) is 4.99 Å². The van der Waals surface area contributed by atoms with E-state index in [-0.39, 0.29) is 5.41 Å². The largest absolute Gasteiger partial charge is 0.454 e. The van der Waals surface area contributed by atoms with Crippen molar-refractivity contribution < 1.29 is 14.2 Å². The van der Waals surface area contributed by atoms with Gasteiger partial charge in [0.1, 0.15) is 0 Å². The van der Waals surface area contributed by atoms with Crippen LogP contribution in [0, 0.1) is 0 Å². The summed E-state index contributed by atoms with van der Waals surface area (Å²) >= 11 is 0. The van der Waals surface area contributed by atoms with Crippen LogP contribution < -0.4 is 20.1 Å². The van der Waals surface area contributed by atoms with Gasteiger partial charge in [0.25, 0.3) is 0 Å². The third-order valence-electron chi connectivity index (χ3n) is 5.95. The van der Waals surface area contributed by atoms with Crippen molar-refractivity contribution in [3.8, 4) is 11.5 Å². The zero-order valence-electron chi connectivity index (χ0n) is 15.6. The van der Waals surface area contributed by atoms with Crippen LogP contribution in [0.4, 0.5) is 0 Å². The van der Waals surface area contributed by atoms with E-state index in [0.29, 0.717) is 12.8 Å². The molecule has 1 aliphatic carbocycles. The Hall–Kier alpha value is -1.95. The minimum atomic E-state index is 0.0204. The van der Waals surface area contributed by atoms with E-state index in [9.17, 15) is 0 Å². The molecule has 2 heterocycles. The first-order valence-corrected chi connectivity index (χ1v) is 9.74. The molecule has 0 radical (unpaired) electrons. The van der Waals surface area contributed by atoms with Gasteiger partial charge in [-0.25, -0.2) is 0 Å². The van der Waals surface area contributed by atoms with Crippen molar-refractivity contribution in [2.75, 3.05) is 33.6 Å². The summed E-state index contributed by atoms with van der Waals surface area (Å²) in [6.07, 6.45) is 7.07. The molecule has 0 amide bonds. The van der Waals surface area contributed by atoms with Gasteiger partial charge in [-0.05, 0) is 43.4 Å². The molecule has 26 heavy (non-hydrogen) atoms. The second kappa shape index (κ2) is 7.74. The first kappa shape index (κ1) is 17.5. The van der Waals surface area contributed by atoms with Crippen molar-refractivity contribution in [1.82, 2.24) is 10.6 Å². The lowest BCUT2D eigenvalue weighted by atomic mass is 9.74. The van der Waals surface area contributed by atoms with Crippen LogP contribution in [-0.2, 0) is 10.2 Å². The van der Waals surface area contributed by atoms with Crippen LogP contribution in [0.2, 0.25) is 0 Å². The molecule has 1 aromatic rings. The molecule has 1 saturated carbocycles. The number of hydrogen-bond donors (Lipinski definition) is 2. The number of rotatable bonds is 4. The van der Waals surface area contributed by atoms with Crippen molar-refractivity contribution in [2.24, 2.45) is 4.99 Å². The van der Waals surface area contributed by atoms with E-state index in [2.05, 4.69) is 27.8 Å². The predicted molar refractivity (Wildman–Crippen MR) is 101 cm³/mol. The fraction of sp³-hybridized carbons (Fsp3) is 0.650. The summed E-state index contributed by atoms with van der Waals surface area (Å²) in [4.78, 5) is 4.44. The second-order valence-corrected chi connectivity index (χ2v) is 7.51. The Labute approximate surface area is 155 Å². The Balaban J connectivity index is 1.49. The van der Waals surface area contributed by atoms with Gasteiger partial charge in [0, 0.05) is 38.3 Å². The summed E-state index contributed by atoms with van der Waals surface area (Å²) in [5.41, 5.74) is 1.31. The van der Waals surface area contributed by atoms with E-state index in [1.807, 2.05) is 13.1 Å². The van der Waals surface area contributed by atoms with Crippen LogP contribution in [-0.4, -0.2) is 45.6 Å². The summed E-state index contributed by atoms with van der Waals surface area (Å²) in [6.45, 7) is 2.71. The fourth-order valence-corrected chi connectivity index (χ4v) is 4.27. The van der Waals surface area contributed by atoms with Gasteiger partial charge < -0.3 is 24.8 Å². The molecule has 0 aromatic heterocycles. The van der Waals surface area contributed by atoms with E-state index in [1.165, 1.54) is 31.2 Å². The SMILES string of the molecule is CN=C(NCC1(c2ccc3c(c2)OCO3)CCOCC1)NC1CCCC1. The molecule has 4 rings (SSSR count). The molecule has 0 unspecified atom stereocenters. The molecule has 142 valence electrons. The predicted octanol–water partition coefficient (Wildman–Crippen LogP) is 2.57. The van der Waals surface area contributed by atoms with Crippen LogP contribution >= 0.6 is 0 Å². The third kappa shape index (κ3) is 3.61. The highest BCUT2D eigenvalue weighted by Crippen LogP contribution is 2.40. The lowest BCUT2D eigenvalue weighted by Crippen LogP contribution is -2.49. The normalized spacial score (nSPS) is 22.4. The Morgan fingerprint density at radius 2 is 1.92 bits per heavy atom. The first-order valence-electron chi connectivity index (χ1n) is 9.74. The molecular formula is C20H29N3O3. The summed E-state index contributed by atoms with van der Waals surface area (Å²) in [7, 11) is 1.85. The minimum absolute atomic E-state index is 0.0204. The summed E-state index contributed by atoms with van der Waals surface area (Å²) in [6, 6.07) is 6.90. The van der Waals surface area contributed by atoms with Gasteiger partial charge in [-0.2, -0.15) is 0 Å². The highest BCUT2D eigenvalue weighted by molar-refractivity contribution is 5.80. The standard InChI is InChI=1S/C20H29N3O3/c1-21-19(23-16-4-2-3-5-16)22-13-20(8-10-24-11-9-20)15-6-7-17-18(12-15)26-14-25-17/h6-7,12,16H,2-5,8-11,13-14H2,1H3,(H2,21,22,23). The molecule has 6 heteroatoms. The lowest BCUT2D eigenvalue weighted by Gasteiger charge is -2.38. The van der Waals surface area contributed by atoms with Crippen molar-refractivity contribution in [1.29, 1.82) is 0 Å². The number of hydrogen-bond acceptors (Lipinski definition) is 4. The van der Waals surface area contributed by atoms with E-state index >= 15 is 0 Å². The Morgan fingerprint density at radius 3 is 2.69 bits per heavy atom. The Bertz CT molecular complexity index is 650. The van der Waals surface area contributed by atoms with Gasteiger partial charge in [-0.1, -0.05) is 18.9 Å². The number of nitrogens with one attached hydrogen (secondary N) is 2. The Kier molecular flexibility index (Phi) is 5.20. The number of nitrogens with zero attached hydrogens (tertiary/aromatic N) is 1. The molecule has 6 nitrogen and oxygen atoms in total. The second-order valence-electron chi connectivity index (χ2n) is 7.51. The minimum Gasteiger partial charge on any atom is -0.454 e. The number of aliphatic imine (C=N–C) groups is 1. The molecule has 2 fully saturated rings. The van der Waals surface area contributed by atoms with Crippen LogP contribution in [0.5, 0.6) is 11.5 Å². The topological polar surface area (TPSA) is 64.1 Å². The van der Waals surface area contributed by atoms with Gasteiger partial charge in [0.05, 0.1) is 0 Å². The molecule has 2 N–H and O–H groups in total. The average molecular weight is 359 g/mol. The molecule has 1 saturated heterocycles. The van der Waals surface area contributed by atoms with Crippen LogP contribution in [0.25, 0.3) is 0 Å². The molecule has 3 aliphatic rings. The van der Waals surface area contributed by atoms with Gasteiger partial charge in [0.15, 0.2) is 17.5 Å². The first-order chi connectivity index (χ1) is 12.8. The lowest BCUT2D eigenvalue weighted by molar-refractivity contribution is 0.0513. The number of ether oxygens (including phenoxy) is 3. The molecule has 0 atom stereocenters. The highest BCUT2D eigenvalue weighted by atomic mass is 16.7. The zero-order valence-corrected chi connectivity index (χ0v) is 15.6. The Morgan fingerprint density at radius 1 is 1.15 bits per heavy atom. The monoisotopic (exact) mass is 359 g/mol. The van der Waals surface area contributed by atoms with E-state index in [4.69, 9.17) is 14.2 Å². The summed E-state index contributed by atoms with van der Waals surface area (Å²) in [5.74, 6) is 2.59. The highest BCUT2D eigenvalue weighted by Gasteiger charge is 2.36. The van der Waals surface area contributed by atoms with Crippen LogP contribution in [0.3, 0.4) is 0 Å².